The summed E-state index contributed by atoms with van der Waals surface area (Å²) in [5.41, 5.74) is 0. The predicted molar refractivity (Wildman–Crippen MR) is 25.6 cm³/mol. The average molecular weight is 127 g/mol. The van der Waals surface area contributed by atoms with Crippen LogP contribution in [0.2, 0.25) is 0 Å². The van der Waals surface area contributed by atoms with E-state index in [1.54, 1.807) is 0 Å². The highest BCUT2D eigenvalue weighted by molar-refractivity contribution is 7.86. The first-order valence-corrected chi connectivity index (χ1v) is 3.51. The summed E-state index contributed by atoms with van der Waals surface area (Å²) in [6, 6.07) is 0. The molecular weight excluding hydrogens is 122 g/mol. The normalized spacial score (nSPS) is 11.7. The molecule has 0 spiro atoms. The Labute approximate surface area is 41.9 Å². The fourth-order valence-electron chi connectivity index (χ4n) is 0.114. The lowest BCUT2D eigenvalue weighted by Gasteiger charge is -1.97. The molecule has 0 aromatic heterocycles. The fourth-order valence-corrected chi connectivity index (χ4v) is 0.343. The Balaban J connectivity index is 3.60. The molecule has 0 N–H and O–H groups in total. The summed E-state index contributed by atoms with van der Waals surface area (Å²) in [6.07, 6.45) is 0.816. The maximum absolute atomic E-state index is 11.0. The molecule has 3 nitrogen and oxygen atoms in total. The minimum atomic E-state index is -3.49. The van der Waals surface area contributed by atoms with Crippen LogP contribution >= 0.6 is 0 Å². The molecule has 0 fully saturated rings. The van der Waals surface area contributed by atoms with E-state index in [4.69, 9.17) is 0 Å². The van der Waals surface area contributed by atoms with E-state index in [0.717, 1.165) is 6.26 Å². The Hall–Kier alpha value is -0.0951. The van der Waals surface area contributed by atoms with Crippen molar-refractivity contribution < 1.29 is 16.8 Å². The van der Waals surface area contributed by atoms with Crippen molar-refractivity contribution in [3.8, 4) is 0 Å². The predicted octanol–water partition coefficient (Wildman–Crippen LogP) is -1.07. The van der Waals surface area contributed by atoms with Gasteiger partial charge in [-0.05, 0) is 0 Å². The summed E-state index contributed by atoms with van der Waals surface area (Å²) in [7, 11) is -5.67. The molecule has 0 saturated carbocycles. The Kier molecular flexibility index (Phi) is 2.24. The van der Waals surface area contributed by atoms with Crippen molar-refractivity contribution in [1.29, 1.82) is 0 Å². The third-order valence-corrected chi connectivity index (χ3v) is 1.10. The van der Waals surface area contributed by atoms with E-state index in [9.17, 15) is 12.7 Å². The molecule has 0 saturated heterocycles. The van der Waals surface area contributed by atoms with Gasteiger partial charge in [0.1, 0.15) is 0 Å². The highest BCUT2D eigenvalue weighted by atomic mass is 32.2. The van der Waals surface area contributed by atoms with Crippen molar-refractivity contribution in [1.82, 2.24) is 0 Å². The maximum Gasteiger partial charge on any atom is 0.260 e. The van der Waals surface area contributed by atoms with E-state index < -0.39 is 17.9 Å². The van der Waals surface area contributed by atoms with Crippen LogP contribution in [0.4, 0.5) is 4.32 Å². The topological polar surface area (TPSA) is 43.4 Å². The first-order chi connectivity index (χ1) is 3.06. The van der Waals surface area contributed by atoms with E-state index in [2.05, 4.69) is 4.10 Å². The summed E-state index contributed by atoms with van der Waals surface area (Å²) < 4.78 is 34.3. The summed E-state index contributed by atoms with van der Waals surface area (Å²) in [4.78, 5) is 0. The monoisotopic (exact) mass is 127 g/mol. The van der Waals surface area contributed by atoms with Gasteiger partial charge in [0.2, 0.25) is 10.1 Å². The molecule has 0 rings (SSSR count). The maximum atomic E-state index is 11.0. The van der Waals surface area contributed by atoms with Gasteiger partial charge in [-0.25, -0.2) is 8.42 Å². The second-order valence-electron chi connectivity index (χ2n) is 1.03. The van der Waals surface area contributed by atoms with Gasteiger partial charge in [-0.3, -0.25) is 0 Å². The molecule has 44 valence electrons. The molecule has 6 heteroatoms. The third kappa shape index (κ3) is 5.90. The summed E-state index contributed by atoms with van der Waals surface area (Å²) in [5, 5.41) is 0. The SMILES string of the molecule is CS(=O)(=O)O[BH2-]F. The van der Waals surface area contributed by atoms with E-state index >= 15 is 0 Å². The van der Waals surface area contributed by atoms with Crippen molar-refractivity contribution in [2.45, 2.75) is 0 Å². The lowest BCUT2D eigenvalue weighted by atomic mass is 10.5. The van der Waals surface area contributed by atoms with Crippen molar-refractivity contribution >= 4 is 17.9 Å². The second-order valence-corrected chi connectivity index (χ2v) is 2.77. The van der Waals surface area contributed by atoms with Crippen LogP contribution in [0, 0.1) is 0 Å². The van der Waals surface area contributed by atoms with Crippen LogP contribution in [0.3, 0.4) is 0 Å². The van der Waals surface area contributed by atoms with Crippen LogP contribution in [-0.4, -0.2) is 22.4 Å². The molecule has 0 radical (unpaired) electrons. The largest absolute Gasteiger partial charge is 0.488 e. The number of rotatable bonds is 2. The number of hydrogen-bond donors (Lipinski definition) is 0. The van der Waals surface area contributed by atoms with E-state index in [1.807, 2.05) is 0 Å². The first kappa shape index (κ1) is 6.90. The molecule has 0 aliphatic heterocycles. The van der Waals surface area contributed by atoms with Crippen molar-refractivity contribution in [2.75, 3.05) is 6.26 Å². The molecule has 0 heterocycles. The Bertz CT molecular complexity index is 128. The molecule has 0 amide bonds. The van der Waals surface area contributed by atoms with Crippen LogP contribution in [-0.2, 0) is 14.2 Å². The van der Waals surface area contributed by atoms with Crippen LogP contribution in [0.15, 0.2) is 0 Å². The van der Waals surface area contributed by atoms with Crippen molar-refractivity contribution in [3.05, 3.63) is 0 Å². The minimum Gasteiger partial charge on any atom is -0.488 e. The lowest BCUT2D eigenvalue weighted by Crippen LogP contribution is -2.02. The van der Waals surface area contributed by atoms with Gasteiger partial charge >= 0.3 is 0 Å². The molecule has 0 unspecified atom stereocenters. The highest BCUT2D eigenvalue weighted by Crippen LogP contribution is 1.81. The summed E-state index contributed by atoms with van der Waals surface area (Å²) in [5.74, 6) is 0. The molecule has 7 heavy (non-hydrogen) atoms. The van der Waals surface area contributed by atoms with Gasteiger partial charge in [0, 0.05) is 0 Å². The zero-order chi connectivity index (χ0) is 5.91. The quantitative estimate of drug-likeness (QED) is 0.443. The lowest BCUT2D eigenvalue weighted by molar-refractivity contribution is 0.486. The van der Waals surface area contributed by atoms with E-state index in [1.165, 1.54) is 0 Å². The van der Waals surface area contributed by atoms with Crippen LogP contribution in [0.25, 0.3) is 0 Å². The Morgan fingerprint density at radius 2 is 2.14 bits per heavy atom. The molecule has 0 atom stereocenters. The fraction of sp³-hybridized carbons (Fsp3) is 1.00. The zero-order valence-electron chi connectivity index (χ0n) is 4.01. The molecular formula is CH5BFO3S-. The molecule has 0 aromatic rings. The van der Waals surface area contributed by atoms with Gasteiger partial charge in [-0.2, -0.15) is 0 Å². The van der Waals surface area contributed by atoms with E-state index in [-0.39, 0.29) is 0 Å². The van der Waals surface area contributed by atoms with Gasteiger partial charge in [0.15, 0.2) is 0 Å². The first-order valence-electron chi connectivity index (χ1n) is 1.69. The molecule has 0 aromatic carbocycles. The van der Waals surface area contributed by atoms with Gasteiger partial charge in [0.05, 0.1) is 6.26 Å². The second kappa shape index (κ2) is 2.27. The minimum absolute atomic E-state index is 0.816. The smallest absolute Gasteiger partial charge is 0.260 e. The number of hydrogen-bond acceptors (Lipinski definition) is 3. The van der Waals surface area contributed by atoms with Crippen molar-refractivity contribution in [2.24, 2.45) is 0 Å². The van der Waals surface area contributed by atoms with Crippen molar-refractivity contribution in [3.63, 3.8) is 0 Å². The van der Waals surface area contributed by atoms with Crippen LogP contribution in [0.1, 0.15) is 0 Å². The van der Waals surface area contributed by atoms with Gasteiger partial charge < -0.3 is 8.42 Å². The third-order valence-electron chi connectivity index (χ3n) is 0.366. The van der Waals surface area contributed by atoms with Crippen LogP contribution in [0.5, 0.6) is 0 Å². The molecule has 0 bridgehead atoms. The van der Waals surface area contributed by atoms with E-state index in [0.29, 0.717) is 0 Å². The average Bonchev–Trinajstić information content (AvgIpc) is 1.30. The standard InChI is InChI=1S/CH5BFO3S/c1-7(4,5)6-2-3/h2H2,1H3/q-1. The zero-order valence-corrected chi connectivity index (χ0v) is 4.83. The summed E-state index contributed by atoms with van der Waals surface area (Å²) in [6.45, 7) is 0. The van der Waals surface area contributed by atoms with Gasteiger partial charge in [-0.15, -0.1) is 0 Å². The summed E-state index contributed by atoms with van der Waals surface area (Å²) >= 11 is 0. The van der Waals surface area contributed by atoms with Gasteiger partial charge in [0.25, 0.3) is 7.76 Å². The Morgan fingerprint density at radius 3 is 2.14 bits per heavy atom. The molecule has 0 aliphatic rings. The molecule has 0 aliphatic carbocycles. The highest BCUT2D eigenvalue weighted by Gasteiger charge is 1.90. The Morgan fingerprint density at radius 1 is 1.71 bits per heavy atom. The van der Waals surface area contributed by atoms with Gasteiger partial charge in [-0.1, -0.05) is 0 Å². The van der Waals surface area contributed by atoms with Crippen LogP contribution < -0.4 is 0 Å². The number of halogens is 1.